The largest absolute Gasteiger partial charge is 0.490 e. The van der Waals surface area contributed by atoms with E-state index in [1.807, 2.05) is 28.2 Å². The van der Waals surface area contributed by atoms with E-state index in [1.54, 1.807) is 5.51 Å². The van der Waals surface area contributed by atoms with Crippen LogP contribution in [0.1, 0.15) is 41.7 Å². The van der Waals surface area contributed by atoms with E-state index in [0.29, 0.717) is 11.1 Å². The number of alkyl halides is 3. The summed E-state index contributed by atoms with van der Waals surface area (Å²) in [5.41, 5.74) is 4.07. The summed E-state index contributed by atoms with van der Waals surface area (Å²) in [6.07, 6.45) is 3.73. The molecule has 176 valence electrons. The third-order valence-electron chi connectivity index (χ3n) is 6.09. The molecule has 0 aromatic carbocycles. The number of thiazole rings is 1. The Hall–Kier alpha value is -2.47. The number of hydrogen-bond donors (Lipinski definition) is 1. The number of piperidine rings is 2. The summed E-state index contributed by atoms with van der Waals surface area (Å²) in [4.78, 5) is 30.0. The Morgan fingerprint density at radius 2 is 1.75 bits per heavy atom. The van der Waals surface area contributed by atoms with Crippen LogP contribution < -0.4 is 0 Å². The molecule has 4 heterocycles. The number of carbonyl (C=O) groups is 2. The van der Waals surface area contributed by atoms with Crippen LogP contribution in [0.4, 0.5) is 13.2 Å². The van der Waals surface area contributed by atoms with Gasteiger partial charge in [0.25, 0.3) is 5.91 Å². The number of aliphatic carboxylic acids is 1. The predicted molar refractivity (Wildman–Crippen MR) is 111 cm³/mol. The Kier molecular flexibility index (Phi) is 7.55. The molecule has 0 aliphatic carbocycles. The highest BCUT2D eigenvalue weighted by Crippen LogP contribution is 2.41. The average Bonchev–Trinajstić information content (AvgIpc) is 3.42. The molecule has 0 bridgehead atoms. The van der Waals surface area contributed by atoms with Gasteiger partial charge in [0, 0.05) is 43.8 Å². The molecule has 0 saturated carbocycles. The second-order valence-corrected chi connectivity index (χ2v) is 8.99. The van der Waals surface area contributed by atoms with Gasteiger partial charge in [-0.3, -0.25) is 14.4 Å². The zero-order valence-corrected chi connectivity index (χ0v) is 18.5. The van der Waals surface area contributed by atoms with Gasteiger partial charge in [0.2, 0.25) is 0 Å². The van der Waals surface area contributed by atoms with Crippen molar-refractivity contribution in [3.05, 3.63) is 34.5 Å². The maximum atomic E-state index is 12.4. The van der Waals surface area contributed by atoms with Gasteiger partial charge in [-0.1, -0.05) is 0 Å². The Morgan fingerprint density at radius 1 is 1.16 bits per heavy atom. The summed E-state index contributed by atoms with van der Waals surface area (Å²) < 4.78 is 33.6. The van der Waals surface area contributed by atoms with Gasteiger partial charge in [0.05, 0.1) is 11.7 Å². The minimum absolute atomic E-state index is 0.102. The van der Waals surface area contributed by atoms with Crippen LogP contribution in [0.3, 0.4) is 0 Å². The third-order valence-corrected chi connectivity index (χ3v) is 6.67. The van der Waals surface area contributed by atoms with Gasteiger partial charge in [0.15, 0.2) is 0 Å². The molecule has 0 radical (unpaired) electrons. The van der Waals surface area contributed by atoms with E-state index >= 15 is 0 Å². The van der Waals surface area contributed by atoms with Gasteiger partial charge in [-0.15, -0.1) is 11.3 Å². The average molecular weight is 474 g/mol. The topological polar surface area (TPSA) is 91.6 Å². The van der Waals surface area contributed by atoms with Crippen molar-refractivity contribution in [2.45, 2.75) is 38.4 Å². The van der Waals surface area contributed by atoms with Crippen LogP contribution in [0, 0.1) is 5.41 Å². The van der Waals surface area contributed by atoms with E-state index in [4.69, 9.17) is 9.90 Å². The van der Waals surface area contributed by atoms with Crippen molar-refractivity contribution >= 4 is 23.2 Å². The number of hydrogen-bond acceptors (Lipinski definition) is 6. The minimum Gasteiger partial charge on any atom is -0.475 e. The van der Waals surface area contributed by atoms with Crippen LogP contribution in [0.15, 0.2) is 23.3 Å². The van der Waals surface area contributed by atoms with Gasteiger partial charge in [-0.05, 0) is 44.2 Å². The van der Waals surface area contributed by atoms with Crippen LogP contribution in [0.5, 0.6) is 0 Å². The van der Waals surface area contributed by atoms with Crippen molar-refractivity contribution in [3.63, 3.8) is 0 Å². The molecule has 0 atom stereocenters. The first-order valence-corrected chi connectivity index (χ1v) is 11.2. The van der Waals surface area contributed by atoms with Crippen molar-refractivity contribution in [1.82, 2.24) is 24.6 Å². The maximum Gasteiger partial charge on any atom is 0.490 e. The van der Waals surface area contributed by atoms with Crippen LogP contribution in [-0.2, 0) is 18.4 Å². The highest BCUT2D eigenvalue weighted by molar-refractivity contribution is 7.07. The van der Waals surface area contributed by atoms with E-state index in [2.05, 4.69) is 21.2 Å². The fourth-order valence-corrected chi connectivity index (χ4v) is 4.69. The number of carboxylic acids is 1. The van der Waals surface area contributed by atoms with Crippen molar-refractivity contribution in [2.24, 2.45) is 12.5 Å². The molecule has 1 N–H and O–H groups in total. The van der Waals surface area contributed by atoms with E-state index in [-0.39, 0.29) is 5.91 Å². The Balaban J connectivity index is 0.000000360. The lowest BCUT2D eigenvalue weighted by atomic mass is 9.71. The summed E-state index contributed by atoms with van der Waals surface area (Å²) in [5.74, 6) is -2.65. The number of nitrogens with zero attached hydrogens (tertiary/aromatic N) is 5. The van der Waals surface area contributed by atoms with E-state index in [9.17, 15) is 18.0 Å². The molecule has 2 aliphatic heterocycles. The highest BCUT2D eigenvalue weighted by Gasteiger charge is 2.39. The summed E-state index contributed by atoms with van der Waals surface area (Å²) in [6, 6.07) is 0. The number of aryl methyl sites for hydroxylation is 1. The summed E-state index contributed by atoms with van der Waals surface area (Å²) in [7, 11) is 1.97. The molecular formula is C20H26F3N5O3S. The monoisotopic (exact) mass is 473 g/mol. The first-order valence-electron chi connectivity index (χ1n) is 10.3. The summed E-state index contributed by atoms with van der Waals surface area (Å²) in [6.45, 7) is 5.04. The van der Waals surface area contributed by atoms with Gasteiger partial charge < -0.3 is 10.0 Å². The fraction of sp³-hybridized carbons (Fsp3) is 0.600. The fourth-order valence-electron chi connectivity index (χ4n) is 4.16. The second kappa shape index (κ2) is 9.99. The number of carboxylic acid groups (broad SMARTS) is 1. The number of rotatable bonds is 3. The predicted octanol–water partition coefficient (Wildman–Crippen LogP) is 3.03. The number of aromatic nitrogens is 3. The highest BCUT2D eigenvalue weighted by atomic mass is 32.1. The van der Waals surface area contributed by atoms with E-state index < -0.39 is 12.1 Å². The van der Waals surface area contributed by atoms with Gasteiger partial charge in [-0.25, -0.2) is 9.78 Å². The molecule has 8 nitrogen and oxygen atoms in total. The van der Waals surface area contributed by atoms with Gasteiger partial charge >= 0.3 is 12.1 Å². The minimum atomic E-state index is -5.08. The molecule has 0 unspecified atom stereocenters. The molecule has 32 heavy (non-hydrogen) atoms. The maximum absolute atomic E-state index is 12.4. The molecular weight excluding hydrogens is 447 g/mol. The van der Waals surface area contributed by atoms with Gasteiger partial charge in [0.1, 0.15) is 5.69 Å². The first-order chi connectivity index (χ1) is 15.1. The van der Waals surface area contributed by atoms with Crippen LogP contribution in [0.25, 0.3) is 0 Å². The van der Waals surface area contributed by atoms with E-state index in [1.165, 1.54) is 29.7 Å². The van der Waals surface area contributed by atoms with Crippen molar-refractivity contribution in [1.29, 1.82) is 0 Å². The summed E-state index contributed by atoms with van der Waals surface area (Å²) >= 11 is 1.49. The molecule has 2 saturated heterocycles. The van der Waals surface area contributed by atoms with Crippen molar-refractivity contribution in [3.8, 4) is 0 Å². The van der Waals surface area contributed by atoms with E-state index in [0.717, 1.165) is 45.6 Å². The lowest BCUT2D eigenvalue weighted by molar-refractivity contribution is -0.192. The summed E-state index contributed by atoms with van der Waals surface area (Å²) in [5, 5.41) is 13.2. The molecule has 2 fully saturated rings. The SMILES string of the molecule is Cn1cc(CN2CCC3(CC2)CCN(C(=O)c2cscn2)CC3)cn1.O=C(O)C(F)(F)F. The Bertz CT molecular complexity index is 898. The number of halogens is 3. The number of likely N-dealkylation sites (tertiary alicyclic amines) is 2. The molecule has 1 spiro atoms. The molecule has 2 aliphatic rings. The molecule has 1 amide bonds. The molecule has 4 rings (SSSR count). The quantitative estimate of drug-likeness (QED) is 0.737. The lowest BCUT2D eigenvalue weighted by Crippen LogP contribution is -2.48. The Labute approximate surface area is 187 Å². The third kappa shape index (κ3) is 6.28. The number of amides is 1. The van der Waals surface area contributed by atoms with Crippen LogP contribution in [-0.4, -0.2) is 73.9 Å². The zero-order chi connectivity index (χ0) is 23.4. The normalized spacial score (nSPS) is 18.8. The Morgan fingerprint density at radius 3 is 2.22 bits per heavy atom. The first kappa shape index (κ1) is 24.2. The van der Waals surface area contributed by atoms with Crippen molar-refractivity contribution < 1.29 is 27.9 Å². The van der Waals surface area contributed by atoms with Crippen LogP contribution in [0.2, 0.25) is 0 Å². The van der Waals surface area contributed by atoms with Gasteiger partial charge in [-0.2, -0.15) is 18.3 Å². The molecule has 2 aromatic heterocycles. The van der Waals surface area contributed by atoms with Crippen LogP contribution >= 0.6 is 11.3 Å². The van der Waals surface area contributed by atoms with Crippen molar-refractivity contribution in [2.75, 3.05) is 26.2 Å². The standard InChI is InChI=1S/C18H25N5OS.C2HF3O2/c1-21-11-15(10-20-21)12-22-6-2-18(3-7-22)4-8-23(9-5-18)17(24)16-13-25-14-19-16;3-2(4,5)1(6)7/h10-11,13-14H,2-9,12H2,1H3;(H,6,7). The molecule has 12 heteroatoms. The second-order valence-electron chi connectivity index (χ2n) is 8.27. The molecule has 2 aromatic rings. The lowest BCUT2D eigenvalue weighted by Gasteiger charge is -2.46. The number of carbonyl (C=O) groups excluding carboxylic acids is 1. The smallest absolute Gasteiger partial charge is 0.475 e. The zero-order valence-electron chi connectivity index (χ0n) is 17.7.